The number of rotatable bonds is 13. The third-order valence-corrected chi connectivity index (χ3v) is 7.23. The lowest BCUT2D eigenvalue weighted by Gasteiger charge is -2.09. The predicted molar refractivity (Wildman–Crippen MR) is 120 cm³/mol. The van der Waals surface area contributed by atoms with Gasteiger partial charge in [-0.25, -0.2) is 26.3 Å². The molecule has 0 bridgehead atoms. The number of nitrogens with one attached hydrogen (secondary N) is 3. The van der Waals surface area contributed by atoms with Crippen LogP contribution in [0.1, 0.15) is 12.8 Å². The third-order valence-electron chi connectivity index (χ3n) is 4.28. The first-order chi connectivity index (χ1) is 15.2. The van der Waals surface area contributed by atoms with Gasteiger partial charge in [-0.15, -0.1) is 0 Å². The van der Waals surface area contributed by atoms with Crippen LogP contribution < -0.4 is 19.5 Å². The van der Waals surface area contributed by atoms with E-state index in [4.69, 9.17) is 9.47 Å². The Morgan fingerprint density at radius 1 is 0.812 bits per heavy atom. The molecular weight excluding hydrogens is 458 g/mol. The topological polar surface area (TPSA) is 140 Å². The van der Waals surface area contributed by atoms with E-state index in [0.717, 1.165) is 0 Å². The Balaban J connectivity index is 1.83. The van der Waals surface area contributed by atoms with Gasteiger partial charge in [-0.05, 0) is 55.0 Å². The summed E-state index contributed by atoms with van der Waals surface area (Å²) in [5.74, 6) is 0.111. The van der Waals surface area contributed by atoms with Crippen LogP contribution in [0, 0.1) is 0 Å². The molecule has 0 radical (unpaired) electrons. The second-order valence-corrected chi connectivity index (χ2v) is 10.2. The second kappa shape index (κ2) is 11.9. The van der Waals surface area contributed by atoms with Gasteiger partial charge in [0, 0.05) is 38.9 Å². The molecule has 176 valence electrons. The fourth-order valence-corrected chi connectivity index (χ4v) is 4.69. The quantitative estimate of drug-likeness (QED) is 0.364. The Morgan fingerprint density at radius 2 is 1.34 bits per heavy atom. The lowest BCUT2D eigenvalue weighted by molar-refractivity contribution is -0.116. The molecule has 10 nitrogen and oxygen atoms in total. The molecule has 0 unspecified atom stereocenters. The van der Waals surface area contributed by atoms with E-state index in [9.17, 15) is 21.6 Å². The lowest BCUT2D eigenvalue weighted by Crippen LogP contribution is -2.28. The summed E-state index contributed by atoms with van der Waals surface area (Å²) in [5, 5.41) is 2.60. The van der Waals surface area contributed by atoms with E-state index in [0.29, 0.717) is 24.5 Å². The highest BCUT2D eigenvalue weighted by atomic mass is 32.2. The van der Waals surface area contributed by atoms with Crippen molar-refractivity contribution < 1.29 is 31.1 Å². The summed E-state index contributed by atoms with van der Waals surface area (Å²) in [6, 6.07) is 11.5. The van der Waals surface area contributed by atoms with Crippen molar-refractivity contribution in [2.75, 3.05) is 39.2 Å². The van der Waals surface area contributed by atoms with Crippen LogP contribution in [0.4, 0.5) is 5.69 Å². The second-order valence-electron chi connectivity index (χ2n) is 6.64. The summed E-state index contributed by atoms with van der Waals surface area (Å²) in [6.45, 7) is 0.600. The Bertz CT molecular complexity index is 1090. The number of carbonyl (C=O) groups excluding carboxylic acids is 1. The molecule has 0 heterocycles. The summed E-state index contributed by atoms with van der Waals surface area (Å²) in [7, 11) is -4.39. The molecule has 0 spiro atoms. The van der Waals surface area contributed by atoms with Gasteiger partial charge in [0.15, 0.2) is 0 Å². The predicted octanol–water partition coefficient (Wildman–Crippen LogP) is 1.32. The largest absolute Gasteiger partial charge is 0.497 e. The zero-order chi connectivity index (χ0) is 23.6. The number of amides is 1. The van der Waals surface area contributed by atoms with Gasteiger partial charge in [-0.2, -0.15) is 0 Å². The molecule has 0 aromatic heterocycles. The van der Waals surface area contributed by atoms with Crippen LogP contribution in [-0.4, -0.2) is 56.7 Å². The maximum atomic E-state index is 12.3. The van der Waals surface area contributed by atoms with Gasteiger partial charge in [0.05, 0.1) is 16.9 Å². The SMILES string of the molecule is COCCCNS(=O)(=O)c1ccc(NC(=O)CCNS(=O)(=O)c2ccc(OC)cc2)cc1. The highest BCUT2D eigenvalue weighted by Crippen LogP contribution is 2.16. The molecule has 0 aliphatic heterocycles. The first-order valence-corrected chi connectivity index (χ1v) is 12.7. The Kier molecular flexibility index (Phi) is 9.60. The van der Waals surface area contributed by atoms with Crippen LogP contribution in [0.3, 0.4) is 0 Å². The minimum atomic E-state index is -3.75. The van der Waals surface area contributed by atoms with Crippen LogP contribution in [0.15, 0.2) is 58.3 Å². The van der Waals surface area contributed by atoms with E-state index < -0.39 is 26.0 Å². The van der Waals surface area contributed by atoms with Crippen molar-refractivity contribution in [1.82, 2.24) is 9.44 Å². The average Bonchev–Trinajstić information content (AvgIpc) is 2.77. The molecule has 0 atom stereocenters. The van der Waals surface area contributed by atoms with Gasteiger partial charge in [0.1, 0.15) is 5.75 Å². The van der Waals surface area contributed by atoms with Crippen molar-refractivity contribution in [3.8, 4) is 5.75 Å². The fourth-order valence-electron chi connectivity index (χ4n) is 2.58. The number of ether oxygens (including phenoxy) is 2. The highest BCUT2D eigenvalue weighted by Gasteiger charge is 2.15. The van der Waals surface area contributed by atoms with Crippen molar-refractivity contribution in [2.24, 2.45) is 0 Å². The minimum Gasteiger partial charge on any atom is -0.497 e. The molecule has 12 heteroatoms. The molecule has 0 fully saturated rings. The van der Waals surface area contributed by atoms with Gasteiger partial charge in [-0.3, -0.25) is 4.79 Å². The number of anilines is 1. The van der Waals surface area contributed by atoms with Crippen LogP contribution in [0.5, 0.6) is 5.75 Å². The first-order valence-electron chi connectivity index (χ1n) is 9.70. The van der Waals surface area contributed by atoms with Crippen molar-refractivity contribution >= 4 is 31.6 Å². The first kappa shape index (κ1) is 25.7. The summed E-state index contributed by atoms with van der Waals surface area (Å²) in [4.78, 5) is 12.2. The number of carbonyl (C=O) groups is 1. The summed E-state index contributed by atoms with van der Waals surface area (Å²) in [5.41, 5.74) is 0.395. The number of benzene rings is 2. The maximum Gasteiger partial charge on any atom is 0.240 e. The van der Waals surface area contributed by atoms with Gasteiger partial charge < -0.3 is 14.8 Å². The fraction of sp³-hybridized carbons (Fsp3) is 0.350. The van der Waals surface area contributed by atoms with Crippen LogP contribution in [-0.2, 0) is 29.6 Å². The summed E-state index contributed by atoms with van der Waals surface area (Å²) >= 11 is 0. The number of hydrogen-bond acceptors (Lipinski definition) is 7. The van der Waals surface area contributed by atoms with Crippen molar-refractivity contribution in [2.45, 2.75) is 22.6 Å². The molecule has 2 aromatic rings. The molecule has 2 rings (SSSR count). The molecule has 0 aliphatic carbocycles. The van der Waals surface area contributed by atoms with Gasteiger partial charge in [-0.1, -0.05) is 0 Å². The zero-order valence-corrected chi connectivity index (χ0v) is 19.5. The molecule has 0 saturated heterocycles. The lowest BCUT2D eigenvalue weighted by atomic mass is 10.3. The van der Waals surface area contributed by atoms with Crippen molar-refractivity contribution in [3.05, 3.63) is 48.5 Å². The van der Waals surface area contributed by atoms with Gasteiger partial charge >= 0.3 is 0 Å². The number of methoxy groups -OCH3 is 2. The van der Waals surface area contributed by atoms with Gasteiger partial charge in [0.25, 0.3) is 0 Å². The summed E-state index contributed by atoms with van der Waals surface area (Å²) in [6.07, 6.45) is 0.447. The third kappa shape index (κ3) is 7.88. The number of sulfonamides is 2. The van der Waals surface area contributed by atoms with Crippen LogP contribution in [0.2, 0.25) is 0 Å². The van der Waals surface area contributed by atoms with E-state index in [1.165, 1.54) is 62.8 Å². The maximum absolute atomic E-state index is 12.3. The molecule has 3 N–H and O–H groups in total. The van der Waals surface area contributed by atoms with E-state index in [1.807, 2.05) is 0 Å². The van der Waals surface area contributed by atoms with Gasteiger partial charge in [0.2, 0.25) is 26.0 Å². The molecule has 0 aliphatic rings. The van der Waals surface area contributed by atoms with Crippen LogP contribution >= 0.6 is 0 Å². The van der Waals surface area contributed by atoms with E-state index in [-0.39, 0.29) is 29.3 Å². The zero-order valence-electron chi connectivity index (χ0n) is 17.8. The average molecular weight is 486 g/mol. The Labute approximate surface area is 188 Å². The molecule has 2 aromatic carbocycles. The minimum absolute atomic E-state index is 0.0614. The monoisotopic (exact) mass is 485 g/mol. The van der Waals surface area contributed by atoms with Crippen LogP contribution in [0.25, 0.3) is 0 Å². The van der Waals surface area contributed by atoms with E-state index >= 15 is 0 Å². The van der Waals surface area contributed by atoms with Crippen molar-refractivity contribution in [3.63, 3.8) is 0 Å². The van der Waals surface area contributed by atoms with E-state index in [1.54, 1.807) is 0 Å². The smallest absolute Gasteiger partial charge is 0.240 e. The van der Waals surface area contributed by atoms with E-state index in [2.05, 4.69) is 14.8 Å². The number of hydrogen-bond donors (Lipinski definition) is 3. The Hall–Kier alpha value is -2.51. The Morgan fingerprint density at radius 3 is 1.88 bits per heavy atom. The highest BCUT2D eigenvalue weighted by molar-refractivity contribution is 7.89. The normalized spacial score (nSPS) is 11.8. The standard InChI is InChI=1S/C20H27N3O7S2/c1-29-15-3-13-21-31(25,26)18-8-4-16(5-9-18)23-20(24)12-14-22-32(27,28)19-10-6-17(30-2)7-11-19/h4-11,21-22H,3,12-15H2,1-2H3,(H,23,24). The molecule has 1 amide bonds. The summed E-state index contributed by atoms with van der Waals surface area (Å²) < 4.78 is 63.6. The molecule has 32 heavy (non-hydrogen) atoms. The molecule has 0 saturated carbocycles. The molecular formula is C20H27N3O7S2. The van der Waals surface area contributed by atoms with Crippen molar-refractivity contribution in [1.29, 1.82) is 0 Å².